The maximum atomic E-state index is 12.5. The zero-order valence-corrected chi connectivity index (χ0v) is 15.1. The number of carbonyl (C=O) groups is 2. The van der Waals surface area contributed by atoms with Crippen molar-refractivity contribution in [3.63, 3.8) is 0 Å². The van der Waals surface area contributed by atoms with E-state index in [2.05, 4.69) is 26.0 Å². The molecule has 2 aromatic rings. The minimum Gasteiger partial charge on any atom is -0.481 e. The predicted molar refractivity (Wildman–Crippen MR) is 90.0 cm³/mol. The molecule has 0 aliphatic carbocycles. The van der Waals surface area contributed by atoms with Crippen molar-refractivity contribution in [2.75, 3.05) is 13.1 Å². The van der Waals surface area contributed by atoms with Crippen LogP contribution in [0, 0.1) is 5.92 Å². The van der Waals surface area contributed by atoms with E-state index in [0.29, 0.717) is 28.6 Å². The van der Waals surface area contributed by atoms with Crippen LogP contribution in [0.3, 0.4) is 0 Å². The minimum atomic E-state index is -0.903. The Bertz CT molecular complexity index is 864. The first-order valence-corrected chi connectivity index (χ1v) is 7.76. The fraction of sp³-hybridized carbons (Fsp3) is 0.462. The lowest BCUT2D eigenvalue weighted by atomic mass is 10.1. The second kappa shape index (κ2) is 6.89. The lowest BCUT2D eigenvalue weighted by Gasteiger charge is -2.16. The standard InChI is InChI=1S/C13H14BrN5O4.ClH/c1-17-11-9(10(14)16-17)12(21)19(6-15-11)5-8(20)18-3-2-7(4-18)13(22)23;/h6-7H,2-5H2,1H3,(H,22,23);1H. The third-order valence-corrected chi connectivity index (χ3v) is 4.52. The number of aromatic nitrogens is 4. The number of rotatable bonds is 3. The highest BCUT2D eigenvalue weighted by Crippen LogP contribution is 2.18. The van der Waals surface area contributed by atoms with Gasteiger partial charge in [-0.25, -0.2) is 9.67 Å². The molecular weight excluding hydrogens is 406 g/mol. The van der Waals surface area contributed by atoms with Crippen molar-refractivity contribution < 1.29 is 14.7 Å². The van der Waals surface area contributed by atoms with Crippen molar-refractivity contribution in [2.24, 2.45) is 13.0 Å². The Kier molecular flexibility index (Phi) is 5.29. The van der Waals surface area contributed by atoms with Gasteiger partial charge in [-0.1, -0.05) is 0 Å². The van der Waals surface area contributed by atoms with Crippen LogP contribution in [0.1, 0.15) is 6.42 Å². The summed E-state index contributed by atoms with van der Waals surface area (Å²) in [5.41, 5.74) is 0.0648. The van der Waals surface area contributed by atoms with Gasteiger partial charge in [-0.2, -0.15) is 5.10 Å². The maximum absolute atomic E-state index is 12.5. The van der Waals surface area contributed by atoms with Crippen LogP contribution in [-0.2, 0) is 23.2 Å². The number of carbonyl (C=O) groups excluding carboxylic acids is 1. The van der Waals surface area contributed by atoms with E-state index in [4.69, 9.17) is 5.11 Å². The second-order valence-electron chi connectivity index (χ2n) is 5.45. The van der Waals surface area contributed by atoms with Crippen molar-refractivity contribution in [1.82, 2.24) is 24.2 Å². The van der Waals surface area contributed by atoms with Crippen molar-refractivity contribution >= 4 is 51.2 Å². The third kappa shape index (κ3) is 3.16. The van der Waals surface area contributed by atoms with E-state index < -0.39 is 11.9 Å². The van der Waals surface area contributed by atoms with E-state index in [0.717, 1.165) is 0 Å². The summed E-state index contributed by atoms with van der Waals surface area (Å²) in [6.45, 7) is 0.390. The molecule has 0 aromatic carbocycles. The van der Waals surface area contributed by atoms with Gasteiger partial charge in [0, 0.05) is 20.1 Å². The van der Waals surface area contributed by atoms with E-state index in [9.17, 15) is 14.4 Å². The molecule has 0 spiro atoms. The molecule has 130 valence electrons. The Morgan fingerprint density at radius 3 is 2.79 bits per heavy atom. The van der Waals surface area contributed by atoms with E-state index in [-0.39, 0.29) is 37.0 Å². The van der Waals surface area contributed by atoms with Gasteiger partial charge in [0.25, 0.3) is 5.56 Å². The molecule has 1 fully saturated rings. The number of carboxylic acid groups (broad SMARTS) is 1. The van der Waals surface area contributed by atoms with Crippen molar-refractivity contribution in [1.29, 1.82) is 0 Å². The lowest BCUT2D eigenvalue weighted by Crippen LogP contribution is -2.35. The fourth-order valence-electron chi connectivity index (χ4n) is 2.68. The van der Waals surface area contributed by atoms with Crippen LogP contribution in [0.5, 0.6) is 0 Å². The summed E-state index contributed by atoms with van der Waals surface area (Å²) in [5, 5.41) is 13.4. The van der Waals surface area contributed by atoms with Gasteiger partial charge in [0.2, 0.25) is 5.91 Å². The Labute approximate surface area is 150 Å². The SMILES string of the molecule is Cl.Cn1nc(Br)c2c(=O)n(CC(=O)N3CCC(C(=O)O)C3)cnc21. The summed E-state index contributed by atoms with van der Waals surface area (Å²) in [4.78, 5) is 41.3. The zero-order chi connectivity index (χ0) is 16.7. The van der Waals surface area contributed by atoms with Gasteiger partial charge in [-0.05, 0) is 22.4 Å². The molecule has 9 nitrogen and oxygen atoms in total. The van der Waals surface area contributed by atoms with Crippen LogP contribution in [-0.4, -0.2) is 54.3 Å². The maximum Gasteiger partial charge on any atom is 0.308 e. The number of halogens is 2. The molecule has 3 rings (SSSR count). The van der Waals surface area contributed by atoms with Gasteiger partial charge in [0.05, 0.1) is 5.92 Å². The molecule has 3 heterocycles. The average molecular weight is 421 g/mol. The van der Waals surface area contributed by atoms with Crippen LogP contribution in [0.4, 0.5) is 0 Å². The Morgan fingerprint density at radius 1 is 1.46 bits per heavy atom. The number of aryl methyl sites for hydroxylation is 1. The number of hydrogen-bond acceptors (Lipinski definition) is 5. The van der Waals surface area contributed by atoms with Gasteiger partial charge in [-0.3, -0.25) is 19.0 Å². The number of hydrogen-bond donors (Lipinski definition) is 1. The van der Waals surface area contributed by atoms with Crippen LogP contribution in [0.15, 0.2) is 15.7 Å². The highest BCUT2D eigenvalue weighted by atomic mass is 79.9. The summed E-state index contributed by atoms with van der Waals surface area (Å²) in [6, 6.07) is 0. The van der Waals surface area contributed by atoms with Crippen LogP contribution >= 0.6 is 28.3 Å². The number of amides is 1. The number of carboxylic acids is 1. The van der Waals surface area contributed by atoms with E-state index >= 15 is 0 Å². The largest absolute Gasteiger partial charge is 0.481 e. The van der Waals surface area contributed by atoms with Gasteiger partial charge in [0.15, 0.2) is 5.65 Å². The number of fused-ring (bicyclic) bond motifs is 1. The molecule has 1 atom stereocenters. The zero-order valence-electron chi connectivity index (χ0n) is 12.7. The molecule has 1 aliphatic heterocycles. The number of likely N-dealkylation sites (tertiary alicyclic amines) is 1. The Morgan fingerprint density at radius 2 is 2.17 bits per heavy atom. The summed E-state index contributed by atoms with van der Waals surface area (Å²) in [7, 11) is 1.67. The van der Waals surface area contributed by atoms with Gasteiger partial charge < -0.3 is 10.0 Å². The van der Waals surface area contributed by atoms with E-state index in [1.54, 1.807) is 7.05 Å². The summed E-state index contributed by atoms with van der Waals surface area (Å²) in [6.07, 6.45) is 1.74. The second-order valence-corrected chi connectivity index (χ2v) is 6.21. The summed E-state index contributed by atoms with van der Waals surface area (Å²) < 4.78 is 3.07. The molecule has 1 N–H and O–H groups in total. The van der Waals surface area contributed by atoms with Crippen molar-refractivity contribution in [3.8, 4) is 0 Å². The quantitative estimate of drug-likeness (QED) is 0.762. The molecule has 24 heavy (non-hydrogen) atoms. The smallest absolute Gasteiger partial charge is 0.308 e. The molecule has 1 unspecified atom stereocenters. The molecule has 0 saturated carbocycles. The van der Waals surface area contributed by atoms with Crippen molar-refractivity contribution in [3.05, 3.63) is 21.3 Å². The molecule has 1 amide bonds. The molecule has 11 heteroatoms. The van der Waals surface area contributed by atoms with Crippen molar-refractivity contribution in [2.45, 2.75) is 13.0 Å². The molecule has 0 bridgehead atoms. The van der Waals surface area contributed by atoms with Crippen LogP contribution < -0.4 is 5.56 Å². The van der Waals surface area contributed by atoms with Gasteiger partial charge in [-0.15, -0.1) is 12.4 Å². The topological polar surface area (TPSA) is 110 Å². The predicted octanol–water partition coefficient (Wildman–Crippen LogP) is 0.247. The van der Waals surface area contributed by atoms with Crippen LogP contribution in [0.2, 0.25) is 0 Å². The molecule has 1 aliphatic rings. The van der Waals surface area contributed by atoms with Gasteiger partial charge >= 0.3 is 5.97 Å². The van der Waals surface area contributed by atoms with E-state index in [1.165, 1.54) is 20.5 Å². The number of nitrogens with zero attached hydrogens (tertiary/aromatic N) is 5. The first kappa shape index (κ1) is 18.4. The minimum absolute atomic E-state index is 0. The Balaban J connectivity index is 0.00000208. The summed E-state index contributed by atoms with van der Waals surface area (Å²) >= 11 is 3.21. The first-order valence-electron chi connectivity index (χ1n) is 6.96. The molecule has 1 saturated heterocycles. The van der Waals surface area contributed by atoms with Gasteiger partial charge in [0.1, 0.15) is 22.9 Å². The average Bonchev–Trinajstić information content (AvgIpc) is 3.08. The van der Waals surface area contributed by atoms with E-state index in [1.807, 2.05) is 0 Å². The lowest BCUT2D eigenvalue weighted by molar-refractivity contribution is -0.141. The molecule has 2 aromatic heterocycles. The normalized spacial score (nSPS) is 17.1. The summed E-state index contributed by atoms with van der Waals surface area (Å²) in [5.74, 6) is -1.74. The Hall–Kier alpha value is -1.94. The highest BCUT2D eigenvalue weighted by Gasteiger charge is 2.31. The molecule has 0 radical (unpaired) electrons. The number of aliphatic carboxylic acids is 1. The first-order chi connectivity index (χ1) is 10.9. The van der Waals surface area contributed by atoms with Crippen LogP contribution in [0.25, 0.3) is 11.0 Å². The fourth-order valence-corrected chi connectivity index (χ4v) is 3.27. The third-order valence-electron chi connectivity index (χ3n) is 3.96. The molecular formula is C13H15BrClN5O4. The highest BCUT2D eigenvalue weighted by molar-refractivity contribution is 9.10. The monoisotopic (exact) mass is 419 g/mol.